The summed E-state index contributed by atoms with van der Waals surface area (Å²) in [7, 11) is -1.37. The van der Waals surface area contributed by atoms with Gasteiger partial charge in [0.05, 0.1) is 11.9 Å². The number of likely N-dealkylation sites (tertiary alicyclic amines) is 1. The number of sulfonamides is 1. The maximum Gasteiger partial charge on any atom is 0.411 e. The quantitative estimate of drug-likeness (QED) is 0.360. The maximum atomic E-state index is 13.0. The van der Waals surface area contributed by atoms with Gasteiger partial charge in [0.15, 0.2) is 0 Å². The van der Waals surface area contributed by atoms with E-state index in [-0.39, 0.29) is 12.0 Å². The minimum atomic E-state index is -3.15. The highest BCUT2D eigenvalue weighted by molar-refractivity contribution is 7.88. The lowest BCUT2D eigenvalue weighted by molar-refractivity contribution is 0.0539. The number of rotatable bonds is 10. The third-order valence-electron chi connectivity index (χ3n) is 8.41. The van der Waals surface area contributed by atoms with Crippen molar-refractivity contribution in [3.63, 3.8) is 0 Å². The van der Waals surface area contributed by atoms with Crippen molar-refractivity contribution in [2.75, 3.05) is 71.0 Å². The van der Waals surface area contributed by atoms with Crippen LogP contribution in [0.1, 0.15) is 28.9 Å². The number of piperazine rings is 1. The first-order chi connectivity index (χ1) is 21.7. The van der Waals surface area contributed by atoms with E-state index in [0.717, 1.165) is 49.2 Å². The standard InChI is InChI=1S/C33H42N6O5S/c1-36(32(40)31-13-12-26(24-34-31)25-38-20-22-39(23-21-38)45(2,42)43)18-19-37-16-14-28(15-17-37)44-33(41)35-30-11-7-6-10-29(30)27-8-4-3-5-9-27/h3-13,24,28H,14-23,25H2,1-2H3,(H,35,41). The van der Waals surface area contributed by atoms with Crippen molar-refractivity contribution in [3.8, 4) is 11.1 Å². The van der Waals surface area contributed by atoms with Gasteiger partial charge in [-0.2, -0.15) is 4.31 Å². The average molecular weight is 635 g/mol. The highest BCUT2D eigenvalue weighted by Crippen LogP contribution is 2.28. The number of pyridine rings is 1. The molecule has 0 unspecified atom stereocenters. The molecule has 45 heavy (non-hydrogen) atoms. The highest BCUT2D eigenvalue weighted by Gasteiger charge is 2.25. The lowest BCUT2D eigenvalue weighted by Gasteiger charge is -2.33. The van der Waals surface area contributed by atoms with Gasteiger partial charge in [0.25, 0.3) is 5.91 Å². The Bertz CT molecular complexity index is 1540. The van der Waals surface area contributed by atoms with Gasteiger partial charge in [-0.3, -0.25) is 20.0 Å². The van der Waals surface area contributed by atoms with Gasteiger partial charge in [-0.25, -0.2) is 13.2 Å². The van der Waals surface area contributed by atoms with Crippen molar-refractivity contribution < 1.29 is 22.7 Å². The number of hydrogen-bond donors (Lipinski definition) is 1. The fourth-order valence-corrected chi connectivity index (χ4v) is 6.54. The van der Waals surface area contributed by atoms with Crippen LogP contribution in [0.5, 0.6) is 0 Å². The zero-order chi connectivity index (χ0) is 31.8. The van der Waals surface area contributed by atoms with E-state index >= 15 is 0 Å². The highest BCUT2D eigenvalue weighted by atomic mass is 32.2. The summed E-state index contributed by atoms with van der Waals surface area (Å²) in [6, 6.07) is 21.3. The molecule has 1 N–H and O–H groups in total. The summed E-state index contributed by atoms with van der Waals surface area (Å²) < 4.78 is 30.7. The van der Waals surface area contributed by atoms with Crippen LogP contribution >= 0.6 is 0 Å². The minimum Gasteiger partial charge on any atom is -0.446 e. The van der Waals surface area contributed by atoms with Gasteiger partial charge < -0.3 is 14.5 Å². The molecule has 11 nitrogen and oxygen atoms in total. The molecule has 0 bridgehead atoms. The van der Waals surface area contributed by atoms with Crippen LogP contribution in [0.4, 0.5) is 10.5 Å². The molecule has 3 aromatic rings. The lowest BCUT2D eigenvalue weighted by Crippen LogP contribution is -2.47. The van der Waals surface area contributed by atoms with E-state index in [1.807, 2.05) is 60.7 Å². The largest absolute Gasteiger partial charge is 0.446 e. The third-order valence-corrected chi connectivity index (χ3v) is 9.71. The molecule has 0 saturated carbocycles. The number of nitrogens with zero attached hydrogens (tertiary/aromatic N) is 5. The summed E-state index contributed by atoms with van der Waals surface area (Å²) in [6.07, 6.45) is 3.83. The maximum absolute atomic E-state index is 13.0. The number of piperidine rings is 1. The molecular weight excluding hydrogens is 592 g/mol. The van der Waals surface area contributed by atoms with Gasteiger partial charge in [-0.1, -0.05) is 54.6 Å². The van der Waals surface area contributed by atoms with Crippen LogP contribution in [-0.4, -0.2) is 116 Å². The Labute approximate surface area is 265 Å². The molecule has 2 saturated heterocycles. The van der Waals surface area contributed by atoms with Crippen molar-refractivity contribution in [1.82, 2.24) is 24.0 Å². The second-order valence-corrected chi connectivity index (χ2v) is 13.7. The van der Waals surface area contributed by atoms with Gasteiger partial charge in [-0.05, 0) is 36.1 Å². The molecule has 2 fully saturated rings. The summed E-state index contributed by atoms with van der Waals surface area (Å²) in [6.45, 7) is 5.82. The number of likely N-dealkylation sites (N-methyl/N-ethyl adjacent to an activating group) is 1. The van der Waals surface area contributed by atoms with E-state index in [1.54, 1.807) is 24.2 Å². The van der Waals surface area contributed by atoms with Crippen molar-refractivity contribution in [1.29, 1.82) is 0 Å². The second-order valence-electron chi connectivity index (χ2n) is 11.7. The van der Waals surface area contributed by atoms with E-state index < -0.39 is 16.1 Å². The van der Waals surface area contributed by atoms with Gasteiger partial charge in [0.1, 0.15) is 11.8 Å². The number of benzene rings is 2. The zero-order valence-electron chi connectivity index (χ0n) is 26.0. The Morgan fingerprint density at radius 3 is 2.27 bits per heavy atom. The van der Waals surface area contributed by atoms with Crippen LogP contribution in [-0.2, 0) is 21.3 Å². The number of ether oxygens (including phenoxy) is 1. The predicted octanol–water partition coefficient (Wildman–Crippen LogP) is 3.61. The van der Waals surface area contributed by atoms with Crippen LogP contribution < -0.4 is 5.32 Å². The molecule has 0 aliphatic carbocycles. The molecule has 0 atom stereocenters. The molecular formula is C33H42N6O5S. The Hall–Kier alpha value is -3.84. The molecule has 240 valence electrons. The van der Waals surface area contributed by atoms with Gasteiger partial charge in [-0.15, -0.1) is 0 Å². The molecule has 2 aliphatic rings. The SMILES string of the molecule is CN(CCN1CCC(OC(=O)Nc2ccccc2-c2ccccc2)CC1)C(=O)c1ccc(CN2CCN(S(C)(=O)=O)CC2)cn1. The molecule has 12 heteroatoms. The van der Waals surface area contributed by atoms with E-state index in [1.165, 1.54) is 10.6 Å². The number of hydrogen-bond acceptors (Lipinski definition) is 8. The molecule has 1 aromatic heterocycles. The van der Waals surface area contributed by atoms with E-state index in [0.29, 0.717) is 50.6 Å². The van der Waals surface area contributed by atoms with Crippen molar-refractivity contribution >= 4 is 27.7 Å². The lowest BCUT2D eigenvalue weighted by atomic mass is 10.0. The number of carbonyl (C=O) groups excluding carboxylic acids is 2. The summed E-state index contributed by atoms with van der Waals surface area (Å²) in [4.78, 5) is 36.3. The number of anilines is 1. The number of aromatic nitrogens is 1. The van der Waals surface area contributed by atoms with Crippen molar-refractivity contribution in [2.45, 2.75) is 25.5 Å². The van der Waals surface area contributed by atoms with Crippen LogP contribution in [0, 0.1) is 0 Å². The molecule has 3 heterocycles. The van der Waals surface area contributed by atoms with Gasteiger partial charge in [0.2, 0.25) is 10.0 Å². The first-order valence-corrected chi connectivity index (χ1v) is 17.2. The van der Waals surface area contributed by atoms with Crippen LogP contribution in [0.25, 0.3) is 11.1 Å². The summed E-state index contributed by atoms with van der Waals surface area (Å²) >= 11 is 0. The summed E-state index contributed by atoms with van der Waals surface area (Å²) in [5.74, 6) is -0.131. The fraction of sp³-hybridized carbons (Fsp3) is 0.424. The summed E-state index contributed by atoms with van der Waals surface area (Å²) in [5.41, 5.74) is 4.07. The first kappa shape index (κ1) is 32.6. The Morgan fingerprint density at radius 1 is 0.911 bits per heavy atom. The number of para-hydroxylation sites is 1. The molecule has 0 radical (unpaired) electrons. The topological polar surface area (TPSA) is 115 Å². The van der Waals surface area contributed by atoms with E-state index in [2.05, 4.69) is 20.1 Å². The molecule has 2 amide bonds. The molecule has 5 rings (SSSR count). The Kier molecular flexibility index (Phi) is 10.8. The normalized spacial score (nSPS) is 17.1. The Balaban J connectivity index is 1.01. The fourth-order valence-electron chi connectivity index (χ4n) is 5.71. The number of carbonyl (C=O) groups is 2. The predicted molar refractivity (Wildman–Crippen MR) is 174 cm³/mol. The van der Waals surface area contributed by atoms with Crippen LogP contribution in [0.3, 0.4) is 0 Å². The third kappa shape index (κ3) is 9.10. The number of nitrogens with one attached hydrogen (secondary N) is 1. The van der Waals surface area contributed by atoms with Crippen LogP contribution in [0.2, 0.25) is 0 Å². The zero-order valence-corrected chi connectivity index (χ0v) is 26.8. The number of amides is 2. The van der Waals surface area contributed by atoms with E-state index in [4.69, 9.17) is 4.74 Å². The molecule has 0 spiro atoms. The second kappa shape index (κ2) is 15.0. The molecule has 2 aromatic carbocycles. The average Bonchev–Trinajstić information content (AvgIpc) is 3.05. The van der Waals surface area contributed by atoms with Crippen molar-refractivity contribution in [2.24, 2.45) is 0 Å². The van der Waals surface area contributed by atoms with Crippen molar-refractivity contribution in [3.05, 3.63) is 84.2 Å². The molecule has 2 aliphatic heterocycles. The smallest absolute Gasteiger partial charge is 0.411 e. The van der Waals surface area contributed by atoms with E-state index in [9.17, 15) is 18.0 Å². The first-order valence-electron chi connectivity index (χ1n) is 15.4. The minimum absolute atomic E-state index is 0.131. The summed E-state index contributed by atoms with van der Waals surface area (Å²) in [5, 5.41) is 2.92. The Morgan fingerprint density at radius 2 is 1.60 bits per heavy atom. The van der Waals surface area contributed by atoms with Gasteiger partial charge >= 0.3 is 6.09 Å². The monoisotopic (exact) mass is 634 g/mol. The van der Waals surface area contributed by atoms with Gasteiger partial charge in [0, 0.05) is 77.7 Å². The van der Waals surface area contributed by atoms with Crippen LogP contribution in [0.15, 0.2) is 72.9 Å².